The second-order valence-electron chi connectivity index (χ2n) is 5.61. The molecule has 0 aliphatic rings. The van der Waals surface area contributed by atoms with Crippen LogP contribution in [0.3, 0.4) is 0 Å². The van der Waals surface area contributed by atoms with Gasteiger partial charge in [-0.15, -0.1) is 0 Å². The molecule has 0 saturated heterocycles. The third-order valence-electron chi connectivity index (χ3n) is 3.37. The molecular weight excluding hydrogens is 431 g/mol. The quantitative estimate of drug-likeness (QED) is 0.369. The van der Waals surface area contributed by atoms with Gasteiger partial charge in [0.1, 0.15) is 5.75 Å². The molecule has 25 heavy (non-hydrogen) atoms. The molecule has 0 bridgehead atoms. The first kappa shape index (κ1) is 19.4. The lowest BCUT2D eigenvalue weighted by Gasteiger charge is -2.15. The van der Waals surface area contributed by atoms with Crippen LogP contribution in [0.1, 0.15) is 25.0 Å². The van der Waals surface area contributed by atoms with Crippen LogP contribution < -0.4 is 19.6 Å². The minimum Gasteiger partial charge on any atom is -0.496 e. The Kier molecular flexibility index (Phi) is 7.36. The van der Waals surface area contributed by atoms with Crippen molar-refractivity contribution >= 4 is 28.8 Å². The number of rotatable bonds is 8. The van der Waals surface area contributed by atoms with Gasteiger partial charge >= 0.3 is 0 Å². The SMILES string of the molecule is COc1ccccc1CN/N=C/c1cc(I)c(OC(C)C)c(OC)c1. The molecule has 0 atom stereocenters. The molecule has 6 heteroatoms. The van der Waals surface area contributed by atoms with E-state index >= 15 is 0 Å². The van der Waals surface area contributed by atoms with E-state index in [0.29, 0.717) is 12.3 Å². The minimum atomic E-state index is 0.0875. The lowest BCUT2D eigenvalue weighted by atomic mass is 10.2. The van der Waals surface area contributed by atoms with Crippen molar-refractivity contribution < 1.29 is 14.2 Å². The molecule has 0 radical (unpaired) electrons. The van der Waals surface area contributed by atoms with Crippen molar-refractivity contribution in [2.45, 2.75) is 26.5 Å². The molecule has 2 aromatic rings. The van der Waals surface area contributed by atoms with E-state index in [9.17, 15) is 0 Å². The summed E-state index contributed by atoms with van der Waals surface area (Å²) in [4.78, 5) is 0. The summed E-state index contributed by atoms with van der Waals surface area (Å²) in [6.45, 7) is 4.57. The standard InChI is InChI=1S/C19H23IN2O3/c1-13(2)25-19-16(20)9-14(10-18(19)24-4)11-21-22-12-15-7-5-6-8-17(15)23-3/h5-11,13,22H,12H2,1-4H3/b21-11+. The van der Waals surface area contributed by atoms with Gasteiger partial charge in [0.05, 0.1) is 36.7 Å². The number of methoxy groups -OCH3 is 2. The zero-order valence-corrected chi connectivity index (χ0v) is 17.0. The first-order valence-electron chi connectivity index (χ1n) is 7.97. The van der Waals surface area contributed by atoms with Crippen LogP contribution in [0.2, 0.25) is 0 Å². The Morgan fingerprint density at radius 1 is 1.12 bits per heavy atom. The number of halogens is 1. The molecule has 134 valence electrons. The number of ether oxygens (including phenoxy) is 3. The predicted octanol–water partition coefficient (Wildman–Crippen LogP) is 4.22. The molecule has 0 aliphatic heterocycles. The highest BCUT2D eigenvalue weighted by atomic mass is 127. The molecule has 2 aromatic carbocycles. The molecule has 0 aromatic heterocycles. The Bertz CT molecular complexity index is 733. The van der Waals surface area contributed by atoms with Crippen LogP contribution in [-0.2, 0) is 6.54 Å². The van der Waals surface area contributed by atoms with Gasteiger partial charge < -0.3 is 19.6 Å². The van der Waals surface area contributed by atoms with Gasteiger partial charge in [0.15, 0.2) is 11.5 Å². The maximum absolute atomic E-state index is 5.82. The topological polar surface area (TPSA) is 52.1 Å². The summed E-state index contributed by atoms with van der Waals surface area (Å²) in [7, 11) is 3.30. The Balaban J connectivity index is 2.07. The smallest absolute Gasteiger partial charge is 0.174 e. The number of hydrogen-bond acceptors (Lipinski definition) is 5. The largest absolute Gasteiger partial charge is 0.496 e. The van der Waals surface area contributed by atoms with Gasteiger partial charge in [-0.1, -0.05) is 18.2 Å². The number of nitrogens with one attached hydrogen (secondary N) is 1. The number of hydrazone groups is 1. The molecule has 0 fully saturated rings. The average molecular weight is 454 g/mol. The summed E-state index contributed by atoms with van der Waals surface area (Å²) in [5.74, 6) is 2.31. The summed E-state index contributed by atoms with van der Waals surface area (Å²) in [5, 5.41) is 4.29. The monoisotopic (exact) mass is 454 g/mol. The fourth-order valence-corrected chi connectivity index (χ4v) is 3.02. The first-order chi connectivity index (χ1) is 12.0. The van der Waals surface area contributed by atoms with Gasteiger partial charge in [-0.3, -0.25) is 0 Å². The number of para-hydroxylation sites is 1. The summed E-state index contributed by atoms with van der Waals surface area (Å²) < 4.78 is 17.6. The Hall–Kier alpha value is -1.96. The van der Waals surface area contributed by atoms with Crippen molar-refractivity contribution in [2.24, 2.45) is 5.10 Å². The van der Waals surface area contributed by atoms with Crippen LogP contribution in [0.4, 0.5) is 0 Å². The van der Waals surface area contributed by atoms with Gasteiger partial charge in [-0.05, 0) is 60.2 Å². The molecule has 0 aliphatic carbocycles. The van der Waals surface area contributed by atoms with Crippen molar-refractivity contribution in [1.29, 1.82) is 0 Å². The highest BCUT2D eigenvalue weighted by Crippen LogP contribution is 2.34. The lowest BCUT2D eigenvalue weighted by molar-refractivity contribution is 0.228. The zero-order valence-electron chi connectivity index (χ0n) is 14.9. The van der Waals surface area contributed by atoms with E-state index < -0.39 is 0 Å². The van der Waals surface area contributed by atoms with Crippen molar-refractivity contribution in [2.75, 3.05) is 14.2 Å². The number of benzene rings is 2. The van der Waals surface area contributed by atoms with Crippen molar-refractivity contribution in [1.82, 2.24) is 5.43 Å². The zero-order chi connectivity index (χ0) is 18.2. The summed E-state index contributed by atoms with van der Waals surface area (Å²) in [5.41, 5.74) is 5.03. The third-order valence-corrected chi connectivity index (χ3v) is 4.17. The normalized spacial score (nSPS) is 11.0. The van der Waals surface area contributed by atoms with Crippen LogP contribution in [0.25, 0.3) is 0 Å². The van der Waals surface area contributed by atoms with Gasteiger partial charge in [-0.25, -0.2) is 0 Å². The maximum atomic E-state index is 5.82. The van der Waals surface area contributed by atoms with E-state index in [-0.39, 0.29) is 6.10 Å². The highest BCUT2D eigenvalue weighted by Gasteiger charge is 2.12. The maximum Gasteiger partial charge on any atom is 0.174 e. The molecule has 0 spiro atoms. The third kappa shape index (κ3) is 5.52. The highest BCUT2D eigenvalue weighted by molar-refractivity contribution is 14.1. The molecule has 0 heterocycles. The van der Waals surface area contributed by atoms with Crippen LogP contribution >= 0.6 is 22.6 Å². The fourth-order valence-electron chi connectivity index (χ4n) is 2.26. The summed E-state index contributed by atoms with van der Waals surface area (Å²) >= 11 is 2.24. The Labute approximate surface area is 162 Å². The number of nitrogens with zero attached hydrogens (tertiary/aromatic N) is 1. The molecule has 5 nitrogen and oxygen atoms in total. The molecule has 0 amide bonds. The van der Waals surface area contributed by atoms with E-state index in [1.54, 1.807) is 20.4 Å². The van der Waals surface area contributed by atoms with Crippen molar-refractivity contribution in [3.05, 3.63) is 51.1 Å². The van der Waals surface area contributed by atoms with Crippen LogP contribution in [0, 0.1) is 3.57 Å². The lowest BCUT2D eigenvalue weighted by Crippen LogP contribution is -2.09. The average Bonchev–Trinajstić information content (AvgIpc) is 2.60. The fraction of sp³-hybridized carbons (Fsp3) is 0.316. The van der Waals surface area contributed by atoms with Gasteiger partial charge in [0.25, 0.3) is 0 Å². The van der Waals surface area contributed by atoms with Crippen LogP contribution in [0.5, 0.6) is 17.2 Å². The van der Waals surface area contributed by atoms with Crippen molar-refractivity contribution in [3.63, 3.8) is 0 Å². The molecule has 0 saturated carbocycles. The van der Waals surface area contributed by atoms with E-state index in [2.05, 4.69) is 33.1 Å². The van der Waals surface area contributed by atoms with Crippen LogP contribution in [-0.4, -0.2) is 26.5 Å². The second kappa shape index (κ2) is 9.50. The van der Waals surface area contributed by atoms with E-state index in [0.717, 1.165) is 26.2 Å². The Morgan fingerprint density at radius 2 is 1.84 bits per heavy atom. The minimum absolute atomic E-state index is 0.0875. The van der Waals surface area contributed by atoms with Gasteiger partial charge in [0, 0.05) is 5.56 Å². The predicted molar refractivity (Wildman–Crippen MR) is 109 cm³/mol. The summed E-state index contributed by atoms with van der Waals surface area (Å²) in [6, 6.07) is 11.8. The number of hydrogen-bond donors (Lipinski definition) is 1. The van der Waals surface area contributed by atoms with E-state index in [1.165, 1.54) is 0 Å². The first-order valence-corrected chi connectivity index (χ1v) is 9.05. The molecule has 1 N–H and O–H groups in total. The van der Waals surface area contributed by atoms with E-state index in [1.807, 2.05) is 50.2 Å². The second-order valence-corrected chi connectivity index (χ2v) is 6.77. The van der Waals surface area contributed by atoms with Crippen LogP contribution in [0.15, 0.2) is 41.5 Å². The van der Waals surface area contributed by atoms with Crippen molar-refractivity contribution in [3.8, 4) is 17.2 Å². The van der Waals surface area contributed by atoms with Gasteiger partial charge in [-0.2, -0.15) is 5.10 Å². The molecule has 2 rings (SSSR count). The van der Waals surface area contributed by atoms with Gasteiger partial charge in [0.2, 0.25) is 0 Å². The van der Waals surface area contributed by atoms with E-state index in [4.69, 9.17) is 14.2 Å². The molecule has 0 unspecified atom stereocenters. The summed E-state index contributed by atoms with van der Waals surface area (Å²) in [6.07, 6.45) is 1.85. The molecular formula is C19H23IN2O3. The Morgan fingerprint density at radius 3 is 2.52 bits per heavy atom.